The minimum Gasteiger partial charge on any atom is -0.354 e. The van der Waals surface area contributed by atoms with Crippen LogP contribution < -0.4 is 10.7 Å². The monoisotopic (exact) mass is 451 g/mol. The molecule has 0 spiro atoms. The molecule has 0 saturated heterocycles. The standard InChI is InChI=1S/C27H25N5O2/c1-32(2)23(13-17-9-5-3-6-10-17)27(34)29-19-14-20-24-21(16-28-31-26(20)33)25(30-22(24)15-19)18-11-7-4-8-12-18/h3-12,14-16,23,30H,13H2,1-2H3,(H,29,34)(H,31,33). The van der Waals surface area contributed by atoms with Gasteiger partial charge >= 0.3 is 0 Å². The fourth-order valence-electron chi connectivity index (χ4n) is 4.36. The molecule has 3 N–H and O–H groups in total. The number of rotatable bonds is 6. The normalized spacial score (nSPS) is 13.6. The van der Waals surface area contributed by atoms with Crippen molar-refractivity contribution in [3.63, 3.8) is 0 Å². The lowest BCUT2D eigenvalue weighted by Gasteiger charge is -2.23. The average Bonchev–Trinajstić information content (AvgIpc) is 3.12. The fourth-order valence-corrected chi connectivity index (χ4v) is 4.36. The van der Waals surface area contributed by atoms with Gasteiger partial charge in [-0.3, -0.25) is 14.5 Å². The van der Waals surface area contributed by atoms with E-state index in [0.29, 0.717) is 17.7 Å². The number of nitrogens with zero attached hydrogens (tertiary/aromatic N) is 2. The minimum atomic E-state index is -0.367. The van der Waals surface area contributed by atoms with E-state index >= 15 is 0 Å². The number of benzene rings is 3. The van der Waals surface area contributed by atoms with E-state index in [-0.39, 0.29) is 17.9 Å². The number of hydrogen-bond donors (Lipinski definition) is 3. The minimum absolute atomic E-state index is 0.138. The Morgan fingerprint density at radius 1 is 1.03 bits per heavy atom. The van der Waals surface area contributed by atoms with E-state index in [0.717, 1.165) is 33.3 Å². The van der Waals surface area contributed by atoms with Gasteiger partial charge in [0.1, 0.15) is 0 Å². The molecule has 1 aliphatic heterocycles. The summed E-state index contributed by atoms with van der Waals surface area (Å²) in [6.45, 7) is 0. The quantitative estimate of drug-likeness (QED) is 0.414. The summed E-state index contributed by atoms with van der Waals surface area (Å²) in [5, 5.41) is 7.90. The van der Waals surface area contributed by atoms with Crippen LogP contribution in [-0.2, 0) is 11.2 Å². The highest BCUT2D eigenvalue weighted by atomic mass is 16.2. The summed E-state index contributed by atoms with van der Waals surface area (Å²) in [6, 6.07) is 23.0. The fraction of sp³-hybridized carbons (Fsp3) is 0.148. The summed E-state index contributed by atoms with van der Waals surface area (Å²) in [5.74, 6) is -0.455. The second kappa shape index (κ2) is 8.96. The van der Waals surface area contributed by atoms with Crippen LogP contribution in [0.25, 0.3) is 22.2 Å². The van der Waals surface area contributed by atoms with Crippen molar-refractivity contribution in [2.45, 2.75) is 12.5 Å². The van der Waals surface area contributed by atoms with Crippen LogP contribution in [0.4, 0.5) is 5.69 Å². The van der Waals surface area contributed by atoms with Crippen LogP contribution in [0.15, 0.2) is 77.9 Å². The first-order valence-electron chi connectivity index (χ1n) is 11.1. The van der Waals surface area contributed by atoms with Crippen molar-refractivity contribution in [1.82, 2.24) is 15.3 Å². The molecule has 0 radical (unpaired) electrons. The Bertz CT molecular complexity index is 1390. The van der Waals surface area contributed by atoms with Crippen molar-refractivity contribution in [3.05, 3.63) is 89.5 Å². The highest BCUT2D eigenvalue weighted by molar-refractivity contribution is 6.18. The Hall–Kier alpha value is -4.23. The molecule has 0 aliphatic carbocycles. The number of H-pyrrole nitrogens is 1. The van der Waals surface area contributed by atoms with E-state index in [1.54, 1.807) is 12.3 Å². The van der Waals surface area contributed by atoms with Gasteiger partial charge in [-0.25, -0.2) is 5.43 Å². The van der Waals surface area contributed by atoms with Gasteiger partial charge in [0, 0.05) is 22.2 Å². The number of hydrogen-bond acceptors (Lipinski definition) is 4. The number of anilines is 1. The topological polar surface area (TPSA) is 89.6 Å². The van der Waals surface area contributed by atoms with Crippen molar-refractivity contribution in [3.8, 4) is 11.3 Å². The van der Waals surface area contributed by atoms with Gasteiger partial charge in [-0.05, 0) is 43.8 Å². The van der Waals surface area contributed by atoms with Crippen LogP contribution in [0.2, 0.25) is 0 Å². The number of amides is 2. The SMILES string of the molecule is CN(C)C(Cc1ccccc1)C(=O)Nc1cc2c3c(c(-c4ccccc4)[nH]c3c1)C=NNC2=O. The number of carbonyl (C=O) groups is 2. The number of hydrazone groups is 1. The Balaban J connectivity index is 1.53. The van der Waals surface area contributed by atoms with Crippen LogP contribution in [0.3, 0.4) is 0 Å². The second-order valence-electron chi connectivity index (χ2n) is 8.58. The highest BCUT2D eigenvalue weighted by Gasteiger charge is 2.25. The molecular weight excluding hydrogens is 426 g/mol. The first-order chi connectivity index (χ1) is 16.5. The Labute approximate surface area is 197 Å². The van der Waals surface area contributed by atoms with E-state index in [9.17, 15) is 9.59 Å². The van der Waals surface area contributed by atoms with Gasteiger partial charge in [0.05, 0.1) is 23.5 Å². The zero-order chi connectivity index (χ0) is 23.7. The van der Waals surface area contributed by atoms with E-state index < -0.39 is 0 Å². The molecule has 7 nitrogen and oxygen atoms in total. The van der Waals surface area contributed by atoms with Crippen LogP contribution in [-0.4, -0.2) is 48.1 Å². The zero-order valence-corrected chi connectivity index (χ0v) is 19.0. The van der Waals surface area contributed by atoms with E-state index in [4.69, 9.17) is 0 Å². The second-order valence-corrected chi connectivity index (χ2v) is 8.58. The molecular formula is C27H25N5O2. The van der Waals surface area contributed by atoms with Gasteiger partial charge < -0.3 is 10.3 Å². The Morgan fingerprint density at radius 3 is 2.44 bits per heavy atom. The van der Waals surface area contributed by atoms with Crippen molar-refractivity contribution >= 4 is 34.6 Å². The molecule has 4 aromatic rings. The number of aromatic nitrogens is 1. The molecule has 170 valence electrons. The van der Waals surface area contributed by atoms with Gasteiger partial charge in [0.15, 0.2) is 0 Å². The maximum Gasteiger partial charge on any atom is 0.272 e. The number of aromatic amines is 1. The predicted octanol–water partition coefficient (Wildman–Crippen LogP) is 4.02. The van der Waals surface area contributed by atoms with Crippen LogP contribution in [0.5, 0.6) is 0 Å². The Kier molecular flexibility index (Phi) is 5.69. The van der Waals surface area contributed by atoms with Crippen LogP contribution >= 0.6 is 0 Å². The van der Waals surface area contributed by atoms with Gasteiger partial charge in [0.2, 0.25) is 5.91 Å². The van der Waals surface area contributed by atoms with Gasteiger partial charge in [-0.2, -0.15) is 5.10 Å². The maximum atomic E-state index is 13.3. The first-order valence-corrected chi connectivity index (χ1v) is 11.1. The lowest BCUT2D eigenvalue weighted by Crippen LogP contribution is -2.41. The first kappa shape index (κ1) is 21.6. The number of carbonyl (C=O) groups excluding carboxylic acids is 2. The molecule has 1 aliphatic rings. The smallest absolute Gasteiger partial charge is 0.272 e. The molecule has 2 heterocycles. The van der Waals surface area contributed by atoms with Crippen molar-refractivity contribution in [2.75, 3.05) is 19.4 Å². The van der Waals surface area contributed by atoms with Crippen molar-refractivity contribution < 1.29 is 9.59 Å². The molecule has 1 atom stereocenters. The molecule has 3 aromatic carbocycles. The third-order valence-electron chi connectivity index (χ3n) is 6.07. The molecule has 2 amide bonds. The largest absolute Gasteiger partial charge is 0.354 e. The van der Waals surface area contributed by atoms with Crippen LogP contribution in [0, 0.1) is 0 Å². The third kappa shape index (κ3) is 4.09. The maximum absolute atomic E-state index is 13.3. The van der Waals surface area contributed by atoms with Gasteiger partial charge in [-0.15, -0.1) is 0 Å². The molecule has 0 saturated carbocycles. The summed E-state index contributed by atoms with van der Waals surface area (Å²) in [4.78, 5) is 31.4. The summed E-state index contributed by atoms with van der Waals surface area (Å²) in [5.41, 5.74) is 8.11. The average molecular weight is 452 g/mol. The van der Waals surface area contributed by atoms with Gasteiger partial charge in [-0.1, -0.05) is 60.7 Å². The molecule has 34 heavy (non-hydrogen) atoms. The van der Waals surface area contributed by atoms with Crippen LogP contribution in [0.1, 0.15) is 21.5 Å². The van der Waals surface area contributed by atoms with Gasteiger partial charge in [0.25, 0.3) is 5.91 Å². The molecule has 0 bridgehead atoms. The predicted molar refractivity (Wildman–Crippen MR) is 135 cm³/mol. The lowest BCUT2D eigenvalue weighted by molar-refractivity contribution is -0.120. The third-order valence-corrected chi connectivity index (χ3v) is 6.07. The van der Waals surface area contributed by atoms with Crippen molar-refractivity contribution in [1.29, 1.82) is 0 Å². The molecule has 1 aromatic heterocycles. The van der Waals surface area contributed by atoms with E-state index in [1.165, 1.54) is 0 Å². The zero-order valence-electron chi connectivity index (χ0n) is 19.0. The summed E-state index contributed by atoms with van der Waals surface area (Å²) in [6.07, 6.45) is 2.24. The molecule has 5 rings (SSSR count). The number of nitrogens with one attached hydrogen (secondary N) is 3. The summed E-state index contributed by atoms with van der Waals surface area (Å²) in [7, 11) is 3.77. The molecule has 0 fully saturated rings. The summed E-state index contributed by atoms with van der Waals surface area (Å²) < 4.78 is 0. The summed E-state index contributed by atoms with van der Waals surface area (Å²) >= 11 is 0. The highest BCUT2D eigenvalue weighted by Crippen LogP contribution is 2.34. The molecule has 7 heteroatoms. The molecule has 1 unspecified atom stereocenters. The number of likely N-dealkylation sites (N-methyl/N-ethyl adjacent to an activating group) is 1. The Morgan fingerprint density at radius 2 is 1.74 bits per heavy atom. The lowest BCUT2D eigenvalue weighted by atomic mass is 10.0. The van der Waals surface area contributed by atoms with E-state index in [2.05, 4.69) is 20.8 Å². The van der Waals surface area contributed by atoms with E-state index in [1.807, 2.05) is 85.7 Å². The van der Waals surface area contributed by atoms with Crippen molar-refractivity contribution in [2.24, 2.45) is 5.10 Å².